The minimum absolute atomic E-state index is 0.0860. The SMILES string of the molecule is Cc1[nH]c([C@@H](Cc2ccccc2)n2c(O)c(-c3ccc(OCCO)cc3)[nH]c2=O)nc1-c1ccc(Br)cc1. The van der Waals surface area contributed by atoms with Crippen molar-refractivity contribution >= 4 is 15.9 Å². The summed E-state index contributed by atoms with van der Waals surface area (Å²) in [6, 6.07) is 24.0. The van der Waals surface area contributed by atoms with Crippen LogP contribution in [-0.2, 0) is 6.42 Å². The summed E-state index contributed by atoms with van der Waals surface area (Å²) in [4.78, 5) is 24.4. The largest absolute Gasteiger partial charge is 0.493 e. The quantitative estimate of drug-likeness (QED) is 0.193. The van der Waals surface area contributed by atoms with Crippen LogP contribution in [-0.4, -0.2) is 42.9 Å². The maximum Gasteiger partial charge on any atom is 0.329 e. The van der Waals surface area contributed by atoms with Crippen molar-refractivity contribution in [2.75, 3.05) is 13.2 Å². The van der Waals surface area contributed by atoms with Crippen LogP contribution in [0.4, 0.5) is 0 Å². The lowest BCUT2D eigenvalue weighted by atomic mass is 10.0. The van der Waals surface area contributed by atoms with Crippen molar-refractivity contribution in [3.63, 3.8) is 0 Å². The number of aryl methyl sites for hydroxylation is 1. The Morgan fingerprint density at radius 3 is 2.34 bits per heavy atom. The van der Waals surface area contributed by atoms with Crippen molar-refractivity contribution in [2.24, 2.45) is 0 Å². The molecule has 5 aromatic rings. The molecule has 38 heavy (non-hydrogen) atoms. The Morgan fingerprint density at radius 2 is 1.66 bits per heavy atom. The smallest absolute Gasteiger partial charge is 0.329 e. The summed E-state index contributed by atoms with van der Waals surface area (Å²) in [6.07, 6.45) is 0.437. The fraction of sp³-hybridized carbons (Fsp3) is 0.172. The molecule has 5 rings (SSSR count). The third-order valence-corrected chi connectivity index (χ3v) is 6.85. The molecule has 2 aromatic heterocycles. The lowest BCUT2D eigenvalue weighted by Crippen LogP contribution is -2.25. The van der Waals surface area contributed by atoms with Gasteiger partial charge in [-0.25, -0.2) is 9.78 Å². The molecule has 0 bridgehead atoms. The molecule has 0 aliphatic heterocycles. The molecule has 0 saturated heterocycles. The Kier molecular flexibility index (Phi) is 7.48. The fourth-order valence-electron chi connectivity index (χ4n) is 4.49. The van der Waals surface area contributed by atoms with E-state index in [2.05, 4.69) is 25.9 Å². The third kappa shape index (κ3) is 5.29. The number of aromatic amines is 2. The fourth-order valence-corrected chi connectivity index (χ4v) is 4.75. The highest BCUT2D eigenvalue weighted by Gasteiger charge is 2.27. The minimum atomic E-state index is -0.593. The van der Waals surface area contributed by atoms with Crippen molar-refractivity contribution < 1.29 is 14.9 Å². The Morgan fingerprint density at radius 1 is 0.974 bits per heavy atom. The molecule has 1 atom stereocenters. The first kappa shape index (κ1) is 25.6. The van der Waals surface area contributed by atoms with Crippen LogP contribution < -0.4 is 10.4 Å². The first-order chi connectivity index (χ1) is 18.4. The molecule has 2 heterocycles. The Hall–Kier alpha value is -4.08. The second-order valence-electron chi connectivity index (χ2n) is 8.90. The van der Waals surface area contributed by atoms with Crippen LogP contribution >= 0.6 is 15.9 Å². The number of imidazole rings is 2. The Bertz CT molecular complexity index is 1570. The van der Waals surface area contributed by atoms with Gasteiger partial charge in [0.05, 0.1) is 12.3 Å². The topological polar surface area (TPSA) is 116 Å². The van der Waals surface area contributed by atoms with Crippen LogP contribution in [0.2, 0.25) is 0 Å². The number of aromatic hydroxyl groups is 1. The van der Waals surface area contributed by atoms with E-state index in [9.17, 15) is 9.90 Å². The zero-order valence-corrected chi connectivity index (χ0v) is 22.3. The summed E-state index contributed by atoms with van der Waals surface area (Å²) >= 11 is 3.47. The number of aromatic nitrogens is 4. The first-order valence-corrected chi connectivity index (χ1v) is 13.0. The number of ether oxygens (including phenoxy) is 1. The highest BCUT2D eigenvalue weighted by atomic mass is 79.9. The highest BCUT2D eigenvalue weighted by molar-refractivity contribution is 9.10. The average molecular weight is 575 g/mol. The molecular weight excluding hydrogens is 548 g/mol. The van der Waals surface area contributed by atoms with Gasteiger partial charge in [0.2, 0.25) is 5.88 Å². The van der Waals surface area contributed by atoms with Gasteiger partial charge in [-0.15, -0.1) is 0 Å². The minimum Gasteiger partial charge on any atom is -0.493 e. The van der Waals surface area contributed by atoms with Gasteiger partial charge < -0.3 is 24.9 Å². The van der Waals surface area contributed by atoms with Gasteiger partial charge >= 0.3 is 5.69 Å². The van der Waals surface area contributed by atoms with Gasteiger partial charge in [0.25, 0.3) is 0 Å². The van der Waals surface area contributed by atoms with Crippen molar-refractivity contribution in [2.45, 2.75) is 19.4 Å². The lowest BCUT2D eigenvalue weighted by molar-refractivity contribution is 0.201. The van der Waals surface area contributed by atoms with E-state index in [1.54, 1.807) is 24.3 Å². The van der Waals surface area contributed by atoms with Crippen LogP contribution in [0.5, 0.6) is 11.6 Å². The number of rotatable bonds is 9. The molecule has 0 saturated carbocycles. The summed E-state index contributed by atoms with van der Waals surface area (Å²) in [6.45, 7) is 2.04. The summed E-state index contributed by atoms with van der Waals surface area (Å²) in [5.74, 6) is 0.969. The van der Waals surface area contributed by atoms with Gasteiger partial charge in [0.1, 0.15) is 29.9 Å². The van der Waals surface area contributed by atoms with Crippen molar-refractivity contribution in [3.8, 4) is 34.1 Å². The zero-order valence-electron chi connectivity index (χ0n) is 20.7. The molecular formula is C29H27BrN4O4. The number of aliphatic hydroxyl groups excluding tert-OH is 1. The predicted octanol–water partition coefficient (Wildman–Crippen LogP) is 5.21. The molecule has 0 spiro atoms. The van der Waals surface area contributed by atoms with Crippen molar-refractivity contribution in [1.82, 2.24) is 19.5 Å². The number of nitrogens with zero attached hydrogens (tertiary/aromatic N) is 2. The van der Waals surface area contributed by atoms with Crippen LogP contribution in [0.15, 0.2) is 88.1 Å². The molecule has 194 valence electrons. The normalized spacial score (nSPS) is 12.0. The standard InChI is InChI=1S/C29H27BrN4O4/c1-18-25(20-7-11-22(30)12-8-20)32-27(31-18)24(17-19-5-3-2-4-6-19)34-28(36)26(33-29(34)37)21-9-13-23(14-10-21)38-16-15-35/h2-14,24,35-36H,15-17H2,1H3,(H,31,32)(H,33,37)/t24-/m1/s1. The molecule has 0 aliphatic rings. The first-order valence-electron chi connectivity index (χ1n) is 12.2. The molecule has 3 aromatic carbocycles. The van der Waals surface area contributed by atoms with Crippen LogP contribution in [0.3, 0.4) is 0 Å². The summed E-state index contributed by atoms with van der Waals surface area (Å²) in [5, 5.41) is 20.3. The number of H-pyrrole nitrogens is 2. The van der Waals surface area contributed by atoms with E-state index >= 15 is 0 Å². The number of halogens is 1. The van der Waals surface area contributed by atoms with Gasteiger partial charge in [0.15, 0.2) is 0 Å². The number of benzene rings is 3. The monoisotopic (exact) mass is 574 g/mol. The van der Waals surface area contributed by atoms with Gasteiger partial charge in [-0.3, -0.25) is 4.57 Å². The number of hydrogen-bond donors (Lipinski definition) is 4. The van der Waals surface area contributed by atoms with Crippen LogP contribution in [0.25, 0.3) is 22.5 Å². The number of hydrogen-bond acceptors (Lipinski definition) is 5. The second-order valence-corrected chi connectivity index (χ2v) is 9.82. The van der Waals surface area contributed by atoms with Crippen LogP contribution in [0.1, 0.15) is 23.1 Å². The van der Waals surface area contributed by atoms with Gasteiger partial charge in [0, 0.05) is 27.7 Å². The molecule has 9 heteroatoms. The van der Waals surface area contributed by atoms with E-state index in [4.69, 9.17) is 14.8 Å². The van der Waals surface area contributed by atoms with Crippen molar-refractivity contribution in [3.05, 3.63) is 111 Å². The van der Waals surface area contributed by atoms with Gasteiger partial charge in [-0.1, -0.05) is 58.4 Å². The molecule has 0 aliphatic carbocycles. The van der Waals surface area contributed by atoms with Crippen molar-refractivity contribution in [1.29, 1.82) is 0 Å². The summed E-state index contributed by atoms with van der Waals surface area (Å²) < 4.78 is 7.74. The summed E-state index contributed by atoms with van der Waals surface area (Å²) in [7, 11) is 0. The molecule has 4 N–H and O–H groups in total. The van der Waals surface area contributed by atoms with E-state index in [1.807, 2.05) is 61.5 Å². The summed E-state index contributed by atoms with van der Waals surface area (Å²) in [5.41, 5.74) is 4.07. The predicted molar refractivity (Wildman–Crippen MR) is 149 cm³/mol. The Balaban J connectivity index is 1.57. The van der Waals surface area contributed by atoms with Gasteiger partial charge in [-0.2, -0.15) is 0 Å². The van der Waals surface area contributed by atoms with E-state index in [0.717, 1.165) is 27.0 Å². The third-order valence-electron chi connectivity index (χ3n) is 6.33. The molecule has 0 radical (unpaired) electrons. The molecule has 0 unspecified atom stereocenters. The molecule has 0 fully saturated rings. The van der Waals surface area contributed by atoms with E-state index in [1.165, 1.54) is 4.57 Å². The molecule has 0 amide bonds. The van der Waals surface area contributed by atoms with Crippen LogP contribution in [0, 0.1) is 6.92 Å². The second kappa shape index (κ2) is 11.1. The van der Waals surface area contributed by atoms with E-state index in [-0.39, 0.29) is 19.1 Å². The number of nitrogens with one attached hydrogen (secondary N) is 2. The van der Waals surface area contributed by atoms with E-state index < -0.39 is 11.7 Å². The average Bonchev–Trinajstić information content (AvgIpc) is 3.46. The highest BCUT2D eigenvalue weighted by Crippen LogP contribution is 2.33. The lowest BCUT2D eigenvalue weighted by Gasteiger charge is -2.17. The zero-order chi connectivity index (χ0) is 26.6. The molecule has 8 nitrogen and oxygen atoms in total. The maximum atomic E-state index is 13.3. The Labute approximate surface area is 227 Å². The van der Waals surface area contributed by atoms with Gasteiger partial charge in [-0.05, 0) is 48.9 Å². The van der Waals surface area contributed by atoms with E-state index in [0.29, 0.717) is 29.3 Å². The maximum absolute atomic E-state index is 13.3. The number of aliphatic hydroxyl groups is 1.